The van der Waals surface area contributed by atoms with Crippen molar-refractivity contribution in [1.29, 1.82) is 0 Å². The molecule has 0 atom stereocenters. The Morgan fingerprint density at radius 3 is 2.55 bits per heavy atom. The number of aromatic nitrogens is 1. The van der Waals surface area contributed by atoms with Crippen LogP contribution in [0.2, 0.25) is 0 Å². The van der Waals surface area contributed by atoms with E-state index in [2.05, 4.69) is 22.1 Å². The lowest BCUT2D eigenvalue weighted by molar-refractivity contribution is 0.102. The normalized spacial score (nSPS) is 14.9. The molecule has 1 aromatic heterocycles. The molecule has 0 unspecified atom stereocenters. The molecule has 156 valence electrons. The van der Waals surface area contributed by atoms with E-state index in [1.807, 2.05) is 30.3 Å². The smallest absolute Gasteiger partial charge is 0.255 e. The van der Waals surface area contributed by atoms with Gasteiger partial charge in [0.25, 0.3) is 5.91 Å². The molecular formula is C24H21N3O3S. The first-order valence-corrected chi connectivity index (χ1v) is 11.6. The maximum absolute atomic E-state index is 12.6. The van der Waals surface area contributed by atoms with Crippen LogP contribution in [0.4, 0.5) is 11.4 Å². The molecule has 6 nitrogen and oxygen atoms in total. The first kappa shape index (κ1) is 20.6. The number of nitrogens with zero attached hydrogens (tertiary/aromatic N) is 2. The van der Waals surface area contributed by atoms with Crippen molar-refractivity contribution >= 4 is 27.3 Å². The van der Waals surface area contributed by atoms with E-state index < -0.39 is 10.0 Å². The number of pyridine rings is 1. The van der Waals surface area contributed by atoms with Crippen molar-refractivity contribution in [2.45, 2.75) is 12.8 Å². The van der Waals surface area contributed by atoms with Crippen LogP contribution >= 0.6 is 0 Å². The number of amides is 1. The minimum absolute atomic E-state index is 0.162. The standard InChI is InChI=1S/C24H21N3O3S/c28-24(20-10-13-23(14-11-20)27-16-3-4-17-31(27,29)30)26-22-8-5-6-19(18-22)9-12-21-7-1-2-15-25-21/h1-2,5-8,10-11,13-15,18H,3-4,16-17H2,(H,26,28). The summed E-state index contributed by atoms with van der Waals surface area (Å²) in [4.78, 5) is 16.8. The Bertz CT molecular complexity index is 1240. The minimum Gasteiger partial charge on any atom is -0.322 e. The topological polar surface area (TPSA) is 79.4 Å². The fraction of sp³-hybridized carbons (Fsp3) is 0.167. The van der Waals surface area contributed by atoms with Crippen molar-refractivity contribution in [2.75, 3.05) is 21.9 Å². The van der Waals surface area contributed by atoms with Crippen molar-refractivity contribution in [3.8, 4) is 11.8 Å². The first-order chi connectivity index (χ1) is 15.0. The van der Waals surface area contributed by atoms with Gasteiger partial charge in [-0.3, -0.25) is 9.10 Å². The first-order valence-electron chi connectivity index (χ1n) is 9.96. The highest BCUT2D eigenvalue weighted by molar-refractivity contribution is 7.92. The molecule has 0 bridgehead atoms. The summed E-state index contributed by atoms with van der Waals surface area (Å²) >= 11 is 0. The lowest BCUT2D eigenvalue weighted by Crippen LogP contribution is -2.37. The highest BCUT2D eigenvalue weighted by atomic mass is 32.2. The summed E-state index contributed by atoms with van der Waals surface area (Å²) in [6.45, 7) is 0.472. The number of benzene rings is 2. The van der Waals surface area contributed by atoms with Gasteiger partial charge in [-0.2, -0.15) is 0 Å². The molecule has 2 aromatic carbocycles. The van der Waals surface area contributed by atoms with E-state index in [1.165, 1.54) is 4.31 Å². The molecule has 0 saturated carbocycles. The van der Waals surface area contributed by atoms with Gasteiger partial charge in [-0.05, 0) is 73.4 Å². The number of sulfonamides is 1. The van der Waals surface area contributed by atoms with Crippen LogP contribution in [0.3, 0.4) is 0 Å². The monoisotopic (exact) mass is 431 g/mol. The SMILES string of the molecule is O=C(Nc1cccc(C#Cc2ccccn2)c1)c1ccc(N2CCCCS2(=O)=O)cc1. The molecule has 2 heterocycles. The van der Waals surface area contributed by atoms with E-state index >= 15 is 0 Å². The third-order valence-electron chi connectivity index (χ3n) is 4.89. The van der Waals surface area contributed by atoms with Crippen molar-refractivity contribution in [3.63, 3.8) is 0 Å². The van der Waals surface area contributed by atoms with Gasteiger partial charge < -0.3 is 5.32 Å². The van der Waals surface area contributed by atoms with Crippen LogP contribution in [0.25, 0.3) is 0 Å². The van der Waals surface area contributed by atoms with Gasteiger partial charge >= 0.3 is 0 Å². The van der Waals surface area contributed by atoms with Crippen LogP contribution < -0.4 is 9.62 Å². The zero-order valence-electron chi connectivity index (χ0n) is 16.8. The molecule has 0 aliphatic carbocycles. The molecule has 31 heavy (non-hydrogen) atoms. The van der Waals surface area contributed by atoms with Crippen LogP contribution in [-0.2, 0) is 10.0 Å². The molecule has 4 rings (SSSR count). The molecule has 0 radical (unpaired) electrons. The number of hydrogen-bond acceptors (Lipinski definition) is 4. The third-order valence-corrected chi connectivity index (χ3v) is 6.76. The molecule has 1 aliphatic rings. The van der Waals surface area contributed by atoms with Gasteiger partial charge in [0.1, 0.15) is 5.69 Å². The molecule has 1 N–H and O–H groups in total. The summed E-state index contributed by atoms with van der Waals surface area (Å²) in [7, 11) is -3.27. The Morgan fingerprint density at radius 2 is 1.81 bits per heavy atom. The van der Waals surface area contributed by atoms with Gasteiger partial charge in [0.15, 0.2) is 0 Å². The van der Waals surface area contributed by atoms with Crippen LogP contribution in [0, 0.1) is 11.8 Å². The van der Waals surface area contributed by atoms with Crippen LogP contribution in [0.15, 0.2) is 72.9 Å². The zero-order chi connectivity index (χ0) is 21.7. The van der Waals surface area contributed by atoms with Gasteiger partial charge in [0.05, 0.1) is 11.4 Å². The molecular weight excluding hydrogens is 410 g/mol. The second-order valence-electron chi connectivity index (χ2n) is 7.14. The minimum atomic E-state index is -3.27. The van der Waals surface area contributed by atoms with E-state index in [0.29, 0.717) is 35.6 Å². The van der Waals surface area contributed by atoms with Gasteiger partial charge in [-0.1, -0.05) is 18.1 Å². The second kappa shape index (κ2) is 9.02. The van der Waals surface area contributed by atoms with Gasteiger partial charge in [-0.15, -0.1) is 0 Å². The molecule has 3 aromatic rings. The van der Waals surface area contributed by atoms with E-state index in [4.69, 9.17) is 0 Å². The molecule has 1 aliphatic heterocycles. The predicted molar refractivity (Wildman–Crippen MR) is 121 cm³/mol. The number of carbonyl (C=O) groups is 1. The second-order valence-corrected chi connectivity index (χ2v) is 9.15. The van der Waals surface area contributed by atoms with Gasteiger partial charge in [0.2, 0.25) is 10.0 Å². The maximum atomic E-state index is 12.6. The lowest BCUT2D eigenvalue weighted by Gasteiger charge is -2.28. The van der Waals surface area contributed by atoms with Crippen molar-refractivity contribution in [1.82, 2.24) is 4.98 Å². The zero-order valence-corrected chi connectivity index (χ0v) is 17.6. The van der Waals surface area contributed by atoms with E-state index in [-0.39, 0.29) is 11.7 Å². The quantitative estimate of drug-likeness (QED) is 0.642. The van der Waals surface area contributed by atoms with Crippen LogP contribution in [0.1, 0.15) is 34.5 Å². The summed E-state index contributed by atoms with van der Waals surface area (Å²) in [6, 6.07) is 19.4. The molecule has 0 spiro atoms. The van der Waals surface area contributed by atoms with E-state index in [9.17, 15) is 13.2 Å². The molecule has 1 amide bonds. The maximum Gasteiger partial charge on any atom is 0.255 e. The Kier molecular flexibility index (Phi) is 6.01. The van der Waals surface area contributed by atoms with Gasteiger partial charge in [-0.25, -0.2) is 13.4 Å². The van der Waals surface area contributed by atoms with Crippen LogP contribution in [-0.4, -0.2) is 31.6 Å². The fourth-order valence-electron chi connectivity index (χ4n) is 3.31. The summed E-state index contributed by atoms with van der Waals surface area (Å²) in [6.07, 6.45) is 3.21. The summed E-state index contributed by atoms with van der Waals surface area (Å²) < 4.78 is 25.9. The Morgan fingerprint density at radius 1 is 0.968 bits per heavy atom. The lowest BCUT2D eigenvalue weighted by atomic mass is 10.1. The molecule has 1 fully saturated rings. The van der Waals surface area contributed by atoms with E-state index in [1.54, 1.807) is 42.6 Å². The highest BCUT2D eigenvalue weighted by Gasteiger charge is 2.26. The summed E-state index contributed by atoms with van der Waals surface area (Å²) in [5.74, 6) is 5.92. The number of nitrogens with one attached hydrogen (secondary N) is 1. The number of anilines is 2. The summed E-state index contributed by atoms with van der Waals surface area (Å²) in [5, 5.41) is 2.86. The largest absolute Gasteiger partial charge is 0.322 e. The number of rotatable bonds is 3. The Balaban J connectivity index is 1.46. The average Bonchev–Trinajstić information content (AvgIpc) is 2.78. The van der Waals surface area contributed by atoms with Crippen molar-refractivity contribution in [2.24, 2.45) is 0 Å². The fourth-order valence-corrected chi connectivity index (χ4v) is 4.95. The Hall–Kier alpha value is -3.63. The number of hydrogen-bond donors (Lipinski definition) is 1. The summed E-state index contributed by atoms with van der Waals surface area (Å²) in [5.41, 5.74) is 3.09. The Labute approximate surface area is 182 Å². The average molecular weight is 432 g/mol. The highest BCUT2D eigenvalue weighted by Crippen LogP contribution is 2.24. The van der Waals surface area contributed by atoms with E-state index in [0.717, 1.165) is 12.0 Å². The third kappa shape index (κ3) is 5.11. The molecule has 1 saturated heterocycles. The van der Waals surface area contributed by atoms with Gasteiger partial charge in [0, 0.05) is 29.6 Å². The van der Waals surface area contributed by atoms with Crippen molar-refractivity contribution < 1.29 is 13.2 Å². The van der Waals surface area contributed by atoms with Crippen molar-refractivity contribution in [3.05, 3.63) is 89.7 Å². The molecule has 7 heteroatoms. The predicted octanol–water partition coefficient (Wildman–Crippen LogP) is 3.66. The van der Waals surface area contributed by atoms with Crippen LogP contribution in [0.5, 0.6) is 0 Å². The number of carbonyl (C=O) groups excluding carboxylic acids is 1.